The van der Waals surface area contributed by atoms with Crippen LogP contribution in [0.5, 0.6) is 0 Å². The highest BCUT2D eigenvalue weighted by Crippen LogP contribution is 2.32. The molecule has 2 aliphatic rings. The summed E-state index contributed by atoms with van der Waals surface area (Å²) in [5.74, 6) is -0.487. The zero-order valence-corrected chi connectivity index (χ0v) is 12.3. The summed E-state index contributed by atoms with van der Waals surface area (Å²) in [5.41, 5.74) is 0. The minimum absolute atomic E-state index is 0.00128. The van der Waals surface area contributed by atoms with Gasteiger partial charge >= 0.3 is 5.97 Å². The fourth-order valence-corrected chi connectivity index (χ4v) is 2.74. The number of nitrogens with zero attached hydrogens (tertiary/aromatic N) is 1. The molecule has 1 saturated carbocycles. The summed E-state index contributed by atoms with van der Waals surface area (Å²) in [7, 11) is 0. The van der Waals surface area contributed by atoms with Gasteiger partial charge < -0.3 is 15.3 Å². The van der Waals surface area contributed by atoms with E-state index in [0.717, 1.165) is 32.2 Å². The van der Waals surface area contributed by atoms with Gasteiger partial charge in [0.2, 0.25) is 11.8 Å². The molecule has 1 saturated heterocycles. The number of unbranched alkanes of at least 4 members (excludes halogenated alkanes) is 1. The molecule has 118 valence electrons. The van der Waals surface area contributed by atoms with Crippen LogP contribution in [0, 0.1) is 11.8 Å². The minimum atomic E-state index is -0.803. The van der Waals surface area contributed by atoms with E-state index in [1.165, 1.54) is 0 Å². The van der Waals surface area contributed by atoms with Gasteiger partial charge in [-0.2, -0.15) is 0 Å². The van der Waals surface area contributed by atoms with E-state index >= 15 is 0 Å². The predicted octanol–water partition coefficient (Wildman–Crippen LogP) is 1.01. The smallest absolute Gasteiger partial charge is 0.303 e. The Kier molecular flexibility index (Phi) is 5.59. The highest BCUT2D eigenvalue weighted by Gasteiger charge is 2.36. The van der Waals surface area contributed by atoms with Crippen molar-refractivity contribution in [2.24, 2.45) is 11.8 Å². The minimum Gasteiger partial charge on any atom is -0.481 e. The second kappa shape index (κ2) is 7.43. The molecule has 2 N–H and O–H groups in total. The second-order valence-electron chi connectivity index (χ2n) is 6.04. The summed E-state index contributed by atoms with van der Waals surface area (Å²) in [5, 5.41) is 11.4. The molecule has 0 spiro atoms. The number of nitrogens with one attached hydrogen (secondary N) is 1. The van der Waals surface area contributed by atoms with Gasteiger partial charge in [0.15, 0.2) is 0 Å². The third kappa shape index (κ3) is 5.02. The molecule has 2 amide bonds. The molecule has 0 bridgehead atoms. The maximum atomic E-state index is 12.1. The summed E-state index contributed by atoms with van der Waals surface area (Å²) in [6, 6.07) is 0. The van der Waals surface area contributed by atoms with Gasteiger partial charge in [-0.1, -0.05) is 0 Å². The van der Waals surface area contributed by atoms with Gasteiger partial charge in [-0.15, -0.1) is 0 Å². The van der Waals surface area contributed by atoms with Crippen molar-refractivity contribution in [3.05, 3.63) is 0 Å². The number of carboxylic acids is 1. The molecule has 1 heterocycles. The van der Waals surface area contributed by atoms with Crippen molar-refractivity contribution in [2.75, 3.05) is 19.6 Å². The number of rotatable bonds is 7. The lowest BCUT2D eigenvalue weighted by atomic mass is 9.96. The topological polar surface area (TPSA) is 86.7 Å². The number of piperidine rings is 1. The van der Waals surface area contributed by atoms with E-state index in [1.807, 2.05) is 4.90 Å². The first-order chi connectivity index (χ1) is 10.1. The maximum absolute atomic E-state index is 12.1. The van der Waals surface area contributed by atoms with Crippen LogP contribution < -0.4 is 5.32 Å². The number of amides is 2. The molecular weight excluding hydrogens is 272 g/mol. The van der Waals surface area contributed by atoms with Gasteiger partial charge in [-0.25, -0.2) is 0 Å². The predicted molar refractivity (Wildman–Crippen MR) is 76.5 cm³/mol. The van der Waals surface area contributed by atoms with E-state index in [2.05, 4.69) is 5.32 Å². The first-order valence-corrected chi connectivity index (χ1v) is 7.86. The van der Waals surface area contributed by atoms with Crippen LogP contribution in [0.15, 0.2) is 0 Å². The van der Waals surface area contributed by atoms with Gasteiger partial charge in [-0.05, 0) is 38.5 Å². The summed E-state index contributed by atoms with van der Waals surface area (Å²) < 4.78 is 0. The van der Waals surface area contributed by atoms with Gasteiger partial charge in [-0.3, -0.25) is 14.4 Å². The average Bonchev–Trinajstić information content (AvgIpc) is 3.30. The second-order valence-corrected chi connectivity index (χ2v) is 6.04. The monoisotopic (exact) mass is 296 g/mol. The lowest BCUT2D eigenvalue weighted by molar-refractivity contribution is -0.137. The fraction of sp³-hybridized carbons (Fsp3) is 0.800. The van der Waals surface area contributed by atoms with Crippen molar-refractivity contribution >= 4 is 17.8 Å². The molecule has 1 aliphatic carbocycles. The molecule has 21 heavy (non-hydrogen) atoms. The van der Waals surface area contributed by atoms with Crippen LogP contribution >= 0.6 is 0 Å². The van der Waals surface area contributed by atoms with E-state index in [0.29, 0.717) is 25.9 Å². The Labute approximate surface area is 124 Å². The highest BCUT2D eigenvalue weighted by molar-refractivity contribution is 5.83. The van der Waals surface area contributed by atoms with Gasteiger partial charge in [0.1, 0.15) is 0 Å². The number of carbonyl (C=O) groups is 3. The number of carbonyl (C=O) groups excluding carboxylic acids is 2. The molecule has 1 atom stereocenters. The van der Waals surface area contributed by atoms with Crippen molar-refractivity contribution in [1.82, 2.24) is 10.2 Å². The van der Waals surface area contributed by atoms with Crippen LogP contribution in [0.25, 0.3) is 0 Å². The van der Waals surface area contributed by atoms with Gasteiger partial charge in [0.05, 0.1) is 5.92 Å². The van der Waals surface area contributed by atoms with E-state index in [4.69, 9.17) is 5.11 Å². The number of carboxylic acid groups (broad SMARTS) is 1. The third-order valence-electron chi connectivity index (χ3n) is 4.15. The molecular formula is C15H24N2O4. The van der Waals surface area contributed by atoms with Crippen LogP contribution in [0.1, 0.15) is 44.9 Å². The molecule has 6 heteroatoms. The van der Waals surface area contributed by atoms with Crippen LogP contribution in [0.4, 0.5) is 0 Å². The Bertz CT molecular complexity index is 406. The van der Waals surface area contributed by atoms with Crippen molar-refractivity contribution in [1.29, 1.82) is 0 Å². The van der Waals surface area contributed by atoms with Crippen molar-refractivity contribution < 1.29 is 19.5 Å². The maximum Gasteiger partial charge on any atom is 0.303 e. The zero-order valence-electron chi connectivity index (χ0n) is 12.3. The first kappa shape index (κ1) is 15.8. The molecule has 1 unspecified atom stereocenters. The molecule has 0 radical (unpaired) electrons. The van der Waals surface area contributed by atoms with Crippen LogP contribution in [0.2, 0.25) is 0 Å². The van der Waals surface area contributed by atoms with Gasteiger partial charge in [0.25, 0.3) is 0 Å². The SMILES string of the molecule is O=C(O)CCCCNC(=O)C1CCCN(C(=O)C2CC2)C1. The van der Waals surface area contributed by atoms with Crippen LogP contribution in [-0.2, 0) is 14.4 Å². The number of likely N-dealkylation sites (tertiary alicyclic amines) is 1. The first-order valence-electron chi connectivity index (χ1n) is 7.86. The Morgan fingerprint density at radius 2 is 1.86 bits per heavy atom. The molecule has 0 aromatic rings. The Hall–Kier alpha value is -1.59. The van der Waals surface area contributed by atoms with Crippen LogP contribution in [-0.4, -0.2) is 47.4 Å². The molecule has 2 fully saturated rings. The van der Waals surface area contributed by atoms with E-state index in [1.54, 1.807) is 0 Å². The number of hydrogen-bond donors (Lipinski definition) is 2. The third-order valence-corrected chi connectivity index (χ3v) is 4.15. The fourth-order valence-electron chi connectivity index (χ4n) is 2.74. The average molecular weight is 296 g/mol. The molecule has 1 aliphatic heterocycles. The summed E-state index contributed by atoms with van der Waals surface area (Å²) in [6.45, 7) is 1.83. The summed E-state index contributed by atoms with van der Waals surface area (Å²) in [4.78, 5) is 36.3. The van der Waals surface area contributed by atoms with E-state index in [9.17, 15) is 14.4 Å². The normalized spacial score (nSPS) is 21.9. The summed E-state index contributed by atoms with van der Waals surface area (Å²) in [6.07, 6.45) is 5.10. The lowest BCUT2D eigenvalue weighted by Crippen LogP contribution is -2.46. The van der Waals surface area contributed by atoms with Crippen molar-refractivity contribution in [3.63, 3.8) is 0 Å². The molecule has 6 nitrogen and oxygen atoms in total. The molecule has 0 aromatic carbocycles. The molecule has 0 aromatic heterocycles. The quantitative estimate of drug-likeness (QED) is 0.686. The van der Waals surface area contributed by atoms with Crippen LogP contribution in [0.3, 0.4) is 0 Å². The van der Waals surface area contributed by atoms with Crippen molar-refractivity contribution in [2.45, 2.75) is 44.9 Å². The highest BCUT2D eigenvalue weighted by atomic mass is 16.4. The Morgan fingerprint density at radius 1 is 1.10 bits per heavy atom. The van der Waals surface area contributed by atoms with Crippen molar-refractivity contribution in [3.8, 4) is 0 Å². The largest absolute Gasteiger partial charge is 0.481 e. The lowest BCUT2D eigenvalue weighted by Gasteiger charge is -2.32. The number of aliphatic carboxylic acids is 1. The zero-order chi connectivity index (χ0) is 15.2. The van der Waals surface area contributed by atoms with E-state index in [-0.39, 0.29) is 30.1 Å². The Balaban J connectivity index is 1.66. The number of hydrogen-bond acceptors (Lipinski definition) is 3. The standard InChI is InChI=1S/C15H24N2O4/c18-13(19)5-1-2-8-16-14(20)12-4-3-9-17(10-12)15(21)11-6-7-11/h11-12H,1-10H2,(H,16,20)(H,18,19). The summed E-state index contributed by atoms with van der Waals surface area (Å²) >= 11 is 0. The van der Waals surface area contributed by atoms with Gasteiger partial charge in [0, 0.05) is 32.0 Å². The van der Waals surface area contributed by atoms with E-state index < -0.39 is 5.97 Å². The molecule has 2 rings (SSSR count). The Morgan fingerprint density at radius 3 is 2.52 bits per heavy atom.